The molecule has 0 aliphatic carbocycles. The van der Waals surface area contributed by atoms with Gasteiger partial charge in [0.05, 0.1) is 7.11 Å². The molecule has 0 atom stereocenters. The fourth-order valence-corrected chi connectivity index (χ4v) is 1.59. The highest BCUT2D eigenvalue weighted by molar-refractivity contribution is 5.27. The summed E-state index contributed by atoms with van der Waals surface area (Å²) in [6.45, 7) is 2.92. The van der Waals surface area contributed by atoms with Crippen molar-refractivity contribution in [2.75, 3.05) is 33.8 Å². The van der Waals surface area contributed by atoms with E-state index in [2.05, 4.69) is 24.1 Å². The zero-order valence-electron chi connectivity index (χ0n) is 10.3. The average Bonchev–Trinajstić information content (AvgIpc) is 2.34. The van der Waals surface area contributed by atoms with E-state index in [4.69, 9.17) is 10.5 Å². The lowest BCUT2D eigenvalue weighted by Crippen LogP contribution is -2.24. The fraction of sp³-hybridized carbons (Fsp3) is 0.538. The van der Waals surface area contributed by atoms with Gasteiger partial charge in [0.1, 0.15) is 5.75 Å². The first kappa shape index (κ1) is 13.0. The van der Waals surface area contributed by atoms with Gasteiger partial charge in [-0.25, -0.2) is 0 Å². The van der Waals surface area contributed by atoms with E-state index in [0.717, 1.165) is 38.2 Å². The van der Waals surface area contributed by atoms with Crippen molar-refractivity contribution in [3.8, 4) is 5.75 Å². The summed E-state index contributed by atoms with van der Waals surface area (Å²) in [5.74, 6) is 0.917. The molecule has 0 fully saturated rings. The number of nitrogens with zero attached hydrogens (tertiary/aromatic N) is 1. The van der Waals surface area contributed by atoms with E-state index < -0.39 is 0 Å². The first-order valence-corrected chi connectivity index (χ1v) is 5.78. The minimum atomic E-state index is 0.771. The van der Waals surface area contributed by atoms with Gasteiger partial charge in [0.25, 0.3) is 0 Å². The van der Waals surface area contributed by atoms with E-state index in [0.29, 0.717) is 0 Å². The quantitative estimate of drug-likeness (QED) is 0.760. The molecular weight excluding hydrogens is 200 g/mol. The second-order valence-corrected chi connectivity index (χ2v) is 4.04. The number of ether oxygens (including phenoxy) is 1. The smallest absolute Gasteiger partial charge is 0.118 e. The maximum atomic E-state index is 5.48. The molecule has 2 N–H and O–H groups in total. The number of rotatable bonds is 7. The number of nitrogens with two attached hydrogens (primary N) is 1. The molecule has 0 heterocycles. The summed E-state index contributed by atoms with van der Waals surface area (Å²) in [6.07, 6.45) is 2.14. The van der Waals surface area contributed by atoms with Crippen LogP contribution in [0.15, 0.2) is 24.3 Å². The van der Waals surface area contributed by atoms with Gasteiger partial charge in [-0.15, -0.1) is 0 Å². The molecule has 0 aromatic heterocycles. The van der Waals surface area contributed by atoms with Crippen LogP contribution in [0.1, 0.15) is 12.0 Å². The molecule has 3 nitrogen and oxygen atoms in total. The normalized spacial score (nSPS) is 10.8. The summed E-state index contributed by atoms with van der Waals surface area (Å²) in [6, 6.07) is 8.26. The molecule has 1 aromatic carbocycles. The molecule has 16 heavy (non-hydrogen) atoms. The minimum absolute atomic E-state index is 0.771. The Morgan fingerprint density at radius 1 is 1.19 bits per heavy atom. The van der Waals surface area contributed by atoms with Gasteiger partial charge in [-0.2, -0.15) is 0 Å². The van der Waals surface area contributed by atoms with Crippen LogP contribution in [0.3, 0.4) is 0 Å². The molecule has 1 rings (SSSR count). The maximum Gasteiger partial charge on any atom is 0.118 e. The van der Waals surface area contributed by atoms with Crippen LogP contribution in [0.25, 0.3) is 0 Å². The van der Waals surface area contributed by atoms with Crippen molar-refractivity contribution in [3.63, 3.8) is 0 Å². The van der Waals surface area contributed by atoms with E-state index in [1.54, 1.807) is 7.11 Å². The van der Waals surface area contributed by atoms with Crippen molar-refractivity contribution in [1.29, 1.82) is 0 Å². The van der Waals surface area contributed by atoms with Crippen molar-refractivity contribution in [3.05, 3.63) is 29.8 Å². The van der Waals surface area contributed by atoms with Gasteiger partial charge in [-0.3, -0.25) is 0 Å². The van der Waals surface area contributed by atoms with Crippen molar-refractivity contribution in [1.82, 2.24) is 4.90 Å². The summed E-state index contributed by atoms with van der Waals surface area (Å²) < 4.78 is 5.12. The second kappa shape index (κ2) is 7.25. The molecule has 0 saturated heterocycles. The highest BCUT2D eigenvalue weighted by Gasteiger charge is 1.99. The van der Waals surface area contributed by atoms with Crippen LogP contribution >= 0.6 is 0 Å². The van der Waals surface area contributed by atoms with E-state index in [-0.39, 0.29) is 0 Å². The SMILES string of the molecule is COc1ccc(CCN(C)CCCN)cc1. The standard InChI is InChI=1S/C13H22N2O/c1-15(10-3-9-14)11-8-12-4-6-13(16-2)7-5-12/h4-7H,3,8-11,14H2,1-2H3. The Kier molecular flexibility index (Phi) is 5.90. The summed E-state index contributed by atoms with van der Waals surface area (Å²) in [4.78, 5) is 2.32. The number of benzene rings is 1. The van der Waals surface area contributed by atoms with Crippen LogP contribution in [-0.2, 0) is 6.42 Å². The Labute approximate surface area is 98.2 Å². The first-order valence-electron chi connectivity index (χ1n) is 5.78. The maximum absolute atomic E-state index is 5.48. The van der Waals surface area contributed by atoms with Crippen LogP contribution in [-0.4, -0.2) is 38.7 Å². The van der Waals surface area contributed by atoms with Crippen molar-refractivity contribution in [2.24, 2.45) is 5.73 Å². The van der Waals surface area contributed by atoms with Crippen LogP contribution in [0.4, 0.5) is 0 Å². The molecule has 0 spiro atoms. The third-order valence-corrected chi connectivity index (χ3v) is 2.69. The summed E-state index contributed by atoms with van der Waals surface area (Å²) in [5, 5.41) is 0. The van der Waals surface area contributed by atoms with Crippen LogP contribution in [0.5, 0.6) is 5.75 Å². The van der Waals surface area contributed by atoms with E-state index in [1.165, 1.54) is 5.56 Å². The first-order chi connectivity index (χ1) is 7.76. The van der Waals surface area contributed by atoms with Crippen LogP contribution in [0, 0.1) is 0 Å². The number of hydrogen-bond acceptors (Lipinski definition) is 3. The molecule has 0 bridgehead atoms. The Morgan fingerprint density at radius 2 is 1.88 bits per heavy atom. The van der Waals surface area contributed by atoms with Crippen LogP contribution in [0.2, 0.25) is 0 Å². The molecule has 0 amide bonds. The lowest BCUT2D eigenvalue weighted by Gasteiger charge is -2.15. The lowest BCUT2D eigenvalue weighted by molar-refractivity contribution is 0.335. The number of hydrogen-bond donors (Lipinski definition) is 1. The second-order valence-electron chi connectivity index (χ2n) is 4.04. The monoisotopic (exact) mass is 222 g/mol. The topological polar surface area (TPSA) is 38.5 Å². The average molecular weight is 222 g/mol. The van der Waals surface area contributed by atoms with E-state index in [9.17, 15) is 0 Å². The zero-order chi connectivity index (χ0) is 11.8. The van der Waals surface area contributed by atoms with E-state index >= 15 is 0 Å². The zero-order valence-corrected chi connectivity index (χ0v) is 10.3. The third-order valence-electron chi connectivity index (χ3n) is 2.69. The molecular formula is C13H22N2O. The van der Waals surface area contributed by atoms with Gasteiger partial charge in [0, 0.05) is 6.54 Å². The highest BCUT2D eigenvalue weighted by Crippen LogP contribution is 2.11. The fourth-order valence-electron chi connectivity index (χ4n) is 1.59. The largest absolute Gasteiger partial charge is 0.497 e. The van der Waals surface area contributed by atoms with Crippen LogP contribution < -0.4 is 10.5 Å². The Balaban J connectivity index is 2.30. The van der Waals surface area contributed by atoms with Crippen molar-refractivity contribution in [2.45, 2.75) is 12.8 Å². The van der Waals surface area contributed by atoms with Gasteiger partial charge < -0.3 is 15.4 Å². The lowest BCUT2D eigenvalue weighted by atomic mass is 10.1. The summed E-state index contributed by atoms with van der Waals surface area (Å²) in [7, 11) is 3.83. The molecule has 0 unspecified atom stereocenters. The molecule has 3 heteroatoms. The van der Waals surface area contributed by atoms with Crippen molar-refractivity contribution >= 4 is 0 Å². The predicted molar refractivity (Wildman–Crippen MR) is 67.9 cm³/mol. The molecule has 0 aliphatic rings. The molecule has 1 aromatic rings. The summed E-state index contributed by atoms with van der Waals surface area (Å²) in [5.41, 5.74) is 6.82. The Bertz CT molecular complexity index is 284. The van der Waals surface area contributed by atoms with Gasteiger partial charge in [0.2, 0.25) is 0 Å². The minimum Gasteiger partial charge on any atom is -0.497 e. The van der Waals surface area contributed by atoms with Gasteiger partial charge in [0.15, 0.2) is 0 Å². The molecule has 90 valence electrons. The van der Waals surface area contributed by atoms with Crippen molar-refractivity contribution < 1.29 is 4.74 Å². The third kappa shape index (κ3) is 4.64. The number of likely N-dealkylation sites (N-methyl/N-ethyl adjacent to an activating group) is 1. The molecule has 0 radical (unpaired) electrons. The Morgan fingerprint density at radius 3 is 2.44 bits per heavy atom. The molecule has 0 saturated carbocycles. The summed E-state index contributed by atoms with van der Waals surface area (Å²) >= 11 is 0. The van der Waals surface area contributed by atoms with Gasteiger partial charge in [-0.05, 0) is 50.7 Å². The Hall–Kier alpha value is -1.06. The van der Waals surface area contributed by atoms with E-state index in [1.807, 2.05) is 12.1 Å². The number of methoxy groups -OCH3 is 1. The van der Waals surface area contributed by atoms with Gasteiger partial charge in [-0.1, -0.05) is 12.1 Å². The predicted octanol–water partition coefficient (Wildman–Crippen LogP) is 1.52. The van der Waals surface area contributed by atoms with Gasteiger partial charge >= 0.3 is 0 Å². The molecule has 0 aliphatic heterocycles. The highest BCUT2D eigenvalue weighted by atomic mass is 16.5.